The summed E-state index contributed by atoms with van der Waals surface area (Å²) in [7, 11) is 1.92. The molecule has 0 spiro atoms. The molecule has 3 amide bonds. The van der Waals surface area contributed by atoms with E-state index >= 15 is 0 Å². The largest absolute Gasteiger partial charge is 0.343 e. The number of benzene rings is 2. The Morgan fingerprint density at radius 3 is 2.25 bits per heavy atom. The summed E-state index contributed by atoms with van der Waals surface area (Å²) in [5.74, 6) is -0.946. The number of aromatic nitrogens is 5. The fraction of sp³-hybridized carbons (Fsp3) is 0.270. The summed E-state index contributed by atoms with van der Waals surface area (Å²) in [4.78, 5) is 57.2. The van der Waals surface area contributed by atoms with Crippen LogP contribution in [0.4, 0.5) is 11.6 Å². The highest BCUT2D eigenvalue weighted by molar-refractivity contribution is 6.35. The predicted octanol–water partition coefficient (Wildman–Crippen LogP) is 5.56. The topological polar surface area (TPSA) is 151 Å². The molecule has 256 valence electrons. The Morgan fingerprint density at radius 2 is 1.67 bits per heavy atom. The fourth-order valence-electron chi connectivity index (χ4n) is 6.91. The minimum absolute atomic E-state index is 0.123. The summed E-state index contributed by atoms with van der Waals surface area (Å²) in [6.07, 6.45) is 9.27. The van der Waals surface area contributed by atoms with Crippen molar-refractivity contribution in [3.63, 3.8) is 0 Å². The number of imidazole rings is 2. The second kappa shape index (κ2) is 11.8. The van der Waals surface area contributed by atoms with Gasteiger partial charge in [0.2, 0.25) is 11.9 Å². The van der Waals surface area contributed by atoms with Gasteiger partial charge in [0, 0.05) is 35.3 Å². The molecule has 2 aromatic carbocycles. The molecular formula is C37H31Cl2N9O3. The Bertz CT molecular complexity index is 2260. The molecule has 0 saturated heterocycles. The van der Waals surface area contributed by atoms with Gasteiger partial charge in [-0.25, -0.2) is 14.9 Å². The number of nitrogens with zero attached hydrogens (tertiary/aromatic N) is 7. The molecule has 3 aromatic heterocycles. The Kier molecular flexibility index (Phi) is 7.55. The zero-order chi connectivity index (χ0) is 35.7. The Morgan fingerprint density at radius 1 is 0.941 bits per heavy atom. The first-order valence-electron chi connectivity index (χ1n) is 16.4. The molecule has 0 radical (unpaired) electrons. The minimum Gasteiger partial charge on any atom is -0.343 e. The van der Waals surface area contributed by atoms with Gasteiger partial charge in [-0.3, -0.25) is 23.9 Å². The van der Waals surface area contributed by atoms with Crippen LogP contribution in [-0.4, -0.2) is 47.3 Å². The van der Waals surface area contributed by atoms with E-state index in [1.807, 2.05) is 23.7 Å². The van der Waals surface area contributed by atoms with Gasteiger partial charge in [-0.05, 0) is 80.6 Å². The number of hydrogen-bond donors (Lipinski definition) is 2. The van der Waals surface area contributed by atoms with Crippen LogP contribution in [0.1, 0.15) is 59.9 Å². The number of hydrogen-bond acceptors (Lipinski definition) is 7. The zero-order valence-corrected chi connectivity index (χ0v) is 29.2. The molecule has 5 aromatic rings. The van der Waals surface area contributed by atoms with Crippen LogP contribution in [0.25, 0.3) is 11.3 Å². The number of nitriles is 1. The first-order chi connectivity index (χ1) is 24.4. The third kappa shape index (κ3) is 5.53. The van der Waals surface area contributed by atoms with E-state index in [1.54, 1.807) is 72.7 Å². The van der Waals surface area contributed by atoms with Gasteiger partial charge >= 0.3 is 0 Å². The highest BCUT2D eigenvalue weighted by atomic mass is 35.5. The average Bonchev–Trinajstić information content (AvgIpc) is 3.95. The number of carbonyl (C=O) groups is 3. The third-order valence-corrected chi connectivity index (χ3v) is 10.5. The molecule has 4 heterocycles. The van der Waals surface area contributed by atoms with Crippen molar-refractivity contribution < 1.29 is 14.4 Å². The van der Waals surface area contributed by atoms with Crippen molar-refractivity contribution in [2.24, 2.45) is 7.05 Å². The smallest absolute Gasteiger partial charge is 0.270 e. The van der Waals surface area contributed by atoms with Crippen LogP contribution in [0.15, 0.2) is 79.5 Å². The predicted molar refractivity (Wildman–Crippen MR) is 189 cm³/mol. The van der Waals surface area contributed by atoms with Crippen LogP contribution in [0.5, 0.6) is 0 Å². The second-order valence-corrected chi connectivity index (χ2v) is 14.6. The van der Waals surface area contributed by atoms with Gasteiger partial charge in [0.1, 0.15) is 16.8 Å². The molecule has 14 heteroatoms. The van der Waals surface area contributed by atoms with E-state index in [9.17, 15) is 19.6 Å². The van der Waals surface area contributed by atoms with E-state index in [4.69, 9.17) is 28.2 Å². The molecule has 8 rings (SSSR count). The van der Waals surface area contributed by atoms with Gasteiger partial charge in [-0.2, -0.15) is 5.26 Å². The highest BCUT2D eigenvalue weighted by Gasteiger charge is 2.57. The van der Waals surface area contributed by atoms with Gasteiger partial charge in [0.15, 0.2) is 0 Å². The Labute approximate surface area is 303 Å². The summed E-state index contributed by atoms with van der Waals surface area (Å²) in [6.45, 7) is 1.74. The molecule has 2 N–H and O–H groups in total. The number of rotatable bonds is 9. The average molecular weight is 721 g/mol. The maximum absolute atomic E-state index is 14.4. The number of nitrogens with one attached hydrogen (secondary N) is 2. The van der Waals surface area contributed by atoms with Crippen molar-refractivity contribution in [3.05, 3.63) is 112 Å². The van der Waals surface area contributed by atoms with Gasteiger partial charge in [-0.15, -0.1) is 0 Å². The molecule has 1 unspecified atom stereocenters. The van der Waals surface area contributed by atoms with Crippen molar-refractivity contribution in [1.29, 1.82) is 5.26 Å². The van der Waals surface area contributed by atoms with E-state index in [1.165, 1.54) is 11.1 Å². The molecule has 1 atom stereocenters. The van der Waals surface area contributed by atoms with E-state index < -0.39 is 22.5 Å². The van der Waals surface area contributed by atoms with E-state index in [2.05, 4.69) is 26.7 Å². The molecule has 1 aliphatic heterocycles. The van der Waals surface area contributed by atoms with Crippen LogP contribution in [0, 0.1) is 11.3 Å². The van der Waals surface area contributed by atoms with Crippen molar-refractivity contribution >= 4 is 52.6 Å². The minimum atomic E-state index is -1.31. The third-order valence-electron chi connectivity index (χ3n) is 10.1. The molecule has 2 fully saturated rings. The van der Waals surface area contributed by atoms with Gasteiger partial charge in [0.25, 0.3) is 11.8 Å². The summed E-state index contributed by atoms with van der Waals surface area (Å²) in [5.41, 5.74) is 1.36. The zero-order valence-electron chi connectivity index (χ0n) is 27.7. The number of anilines is 2. The van der Waals surface area contributed by atoms with E-state index in [-0.39, 0.29) is 29.9 Å². The molecule has 2 aliphatic carbocycles. The van der Waals surface area contributed by atoms with Crippen LogP contribution in [-0.2, 0) is 34.1 Å². The summed E-state index contributed by atoms with van der Waals surface area (Å²) >= 11 is 12.7. The first kappa shape index (κ1) is 32.7. The Hall–Kier alpha value is -5.51. The highest BCUT2D eigenvalue weighted by Crippen LogP contribution is 2.48. The van der Waals surface area contributed by atoms with E-state index in [0.29, 0.717) is 34.1 Å². The lowest BCUT2D eigenvalue weighted by molar-refractivity contribution is -0.125. The van der Waals surface area contributed by atoms with Gasteiger partial charge in [-0.1, -0.05) is 35.3 Å². The molecule has 0 bridgehead atoms. The number of carbonyl (C=O) groups excluding carboxylic acids is 3. The number of pyridine rings is 1. The standard InChI is InChI=1S/C37H31Cl2N9O3/c1-35(16-22-3-5-23(17-40)6-4-22)33(51)47(27-14-25(38)13-26(39)15-27)34-43-20-29(48(34)35)31(49)44-37(11-12-37)32(50)45-36(9-10-36)30-8-7-24(18-42-30)28-19-41-21-46(28)2/h3-8,13-15,18-21H,9-12,16H2,1-2H3,(H,44,49)(H,45,50). The van der Waals surface area contributed by atoms with Crippen LogP contribution >= 0.6 is 23.2 Å². The van der Waals surface area contributed by atoms with Gasteiger partial charge < -0.3 is 15.2 Å². The summed E-state index contributed by atoms with van der Waals surface area (Å²) < 4.78 is 3.53. The van der Waals surface area contributed by atoms with Crippen molar-refractivity contribution in [1.82, 2.24) is 34.7 Å². The molecule has 12 nitrogen and oxygen atoms in total. The van der Waals surface area contributed by atoms with E-state index in [0.717, 1.165) is 35.4 Å². The number of aryl methyl sites for hydroxylation is 1. The maximum atomic E-state index is 14.4. The monoisotopic (exact) mass is 719 g/mol. The van der Waals surface area contributed by atoms with Crippen molar-refractivity contribution in [2.45, 2.75) is 55.6 Å². The normalized spacial score (nSPS) is 19.3. The molecule has 51 heavy (non-hydrogen) atoms. The first-order valence-corrected chi connectivity index (χ1v) is 17.2. The number of halogens is 2. The lowest BCUT2D eigenvalue weighted by atomic mass is 9.91. The van der Waals surface area contributed by atoms with Crippen molar-refractivity contribution in [3.8, 4) is 17.3 Å². The number of fused-ring (bicyclic) bond motifs is 1. The quantitative estimate of drug-likeness (QED) is 0.202. The fourth-order valence-corrected chi connectivity index (χ4v) is 7.42. The summed E-state index contributed by atoms with van der Waals surface area (Å²) in [5, 5.41) is 16.1. The van der Waals surface area contributed by atoms with Crippen LogP contribution in [0.3, 0.4) is 0 Å². The molecule has 2 saturated carbocycles. The lowest BCUT2D eigenvalue weighted by Gasteiger charge is -2.27. The second-order valence-electron chi connectivity index (χ2n) is 13.7. The van der Waals surface area contributed by atoms with Gasteiger partial charge in [0.05, 0.1) is 53.0 Å². The van der Waals surface area contributed by atoms with Crippen LogP contribution in [0.2, 0.25) is 10.0 Å². The number of amides is 3. The van der Waals surface area contributed by atoms with Crippen molar-refractivity contribution in [2.75, 3.05) is 4.90 Å². The Balaban J connectivity index is 1.07. The maximum Gasteiger partial charge on any atom is 0.270 e. The molecular weight excluding hydrogens is 689 g/mol. The van der Waals surface area contributed by atoms with Crippen LogP contribution < -0.4 is 15.5 Å². The molecule has 3 aliphatic rings. The summed E-state index contributed by atoms with van der Waals surface area (Å²) in [6, 6.07) is 17.7. The lowest BCUT2D eigenvalue weighted by Crippen LogP contribution is -2.52. The SMILES string of the molecule is Cn1cncc1-c1ccc(C2(NC(=O)C3(NC(=O)c4cnc5n4C(C)(Cc4ccc(C#N)cc4)C(=O)N5c4cc(Cl)cc(Cl)c4)CC3)CC2)nc1.